The molecule has 1 atom stereocenters. The van der Waals surface area contributed by atoms with Gasteiger partial charge in [-0.2, -0.15) is 0 Å². The third-order valence-corrected chi connectivity index (χ3v) is 2.30. The summed E-state index contributed by atoms with van der Waals surface area (Å²) < 4.78 is 14.6. The van der Waals surface area contributed by atoms with Crippen LogP contribution in [0.4, 0.5) is 0 Å². The highest BCUT2D eigenvalue weighted by Crippen LogP contribution is 2.16. The van der Waals surface area contributed by atoms with Gasteiger partial charge in [0.2, 0.25) is 6.29 Å². The molecular formula is C13H18O6. The molecule has 0 aliphatic carbocycles. The second-order valence-corrected chi connectivity index (χ2v) is 4.71. The highest BCUT2D eigenvalue weighted by atomic mass is 16.7. The molecule has 0 spiro atoms. The maximum atomic E-state index is 11.6. The van der Waals surface area contributed by atoms with Crippen LogP contribution in [0.15, 0.2) is 11.6 Å². The molecule has 1 heterocycles. The number of carbonyl (C=O) groups is 3. The van der Waals surface area contributed by atoms with Gasteiger partial charge in [0.15, 0.2) is 0 Å². The fourth-order valence-electron chi connectivity index (χ4n) is 1.32. The minimum absolute atomic E-state index is 0.108. The molecular weight excluding hydrogens is 252 g/mol. The Kier molecular flexibility index (Phi) is 5.54. The SMILES string of the molecule is CC(=CC(=O)OCC(C)C)C(=O)OC1CCC(=O)O1. The molecule has 0 aromatic rings. The van der Waals surface area contributed by atoms with Gasteiger partial charge in [-0.15, -0.1) is 0 Å². The Hall–Kier alpha value is -1.85. The van der Waals surface area contributed by atoms with Gasteiger partial charge in [-0.1, -0.05) is 13.8 Å². The first-order valence-electron chi connectivity index (χ1n) is 6.14. The molecule has 6 nitrogen and oxygen atoms in total. The smallest absolute Gasteiger partial charge is 0.337 e. The van der Waals surface area contributed by atoms with Crippen LogP contribution in [0.25, 0.3) is 0 Å². The monoisotopic (exact) mass is 270 g/mol. The lowest BCUT2D eigenvalue weighted by atomic mass is 10.2. The molecule has 1 fully saturated rings. The summed E-state index contributed by atoms with van der Waals surface area (Å²) in [6.45, 7) is 5.55. The molecule has 0 aromatic carbocycles. The zero-order valence-corrected chi connectivity index (χ0v) is 11.3. The molecule has 0 aromatic heterocycles. The average Bonchev–Trinajstić information content (AvgIpc) is 2.72. The molecule has 0 radical (unpaired) electrons. The summed E-state index contributed by atoms with van der Waals surface area (Å²) in [7, 11) is 0. The van der Waals surface area contributed by atoms with Crippen LogP contribution in [0.3, 0.4) is 0 Å². The second-order valence-electron chi connectivity index (χ2n) is 4.71. The van der Waals surface area contributed by atoms with Crippen molar-refractivity contribution in [1.29, 1.82) is 0 Å². The third kappa shape index (κ3) is 5.54. The lowest BCUT2D eigenvalue weighted by Gasteiger charge is -2.10. The molecule has 0 N–H and O–H groups in total. The van der Waals surface area contributed by atoms with Gasteiger partial charge in [-0.05, 0) is 12.8 Å². The molecule has 0 amide bonds. The van der Waals surface area contributed by atoms with E-state index in [9.17, 15) is 14.4 Å². The van der Waals surface area contributed by atoms with Gasteiger partial charge in [-0.3, -0.25) is 4.79 Å². The number of rotatable bonds is 5. The maximum Gasteiger partial charge on any atom is 0.337 e. The first kappa shape index (κ1) is 15.2. The minimum atomic E-state index is -0.852. The Morgan fingerprint density at radius 1 is 1.47 bits per heavy atom. The van der Waals surface area contributed by atoms with E-state index in [1.807, 2.05) is 13.8 Å². The van der Waals surface area contributed by atoms with Crippen molar-refractivity contribution < 1.29 is 28.6 Å². The Balaban J connectivity index is 2.42. The number of ether oxygens (including phenoxy) is 3. The third-order valence-electron chi connectivity index (χ3n) is 2.30. The molecule has 6 heteroatoms. The van der Waals surface area contributed by atoms with E-state index in [0.717, 1.165) is 6.08 Å². The zero-order valence-electron chi connectivity index (χ0n) is 11.3. The number of carbonyl (C=O) groups excluding carboxylic acids is 3. The summed E-state index contributed by atoms with van der Waals surface area (Å²) >= 11 is 0. The largest absolute Gasteiger partial charge is 0.462 e. The molecule has 1 aliphatic heterocycles. The zero-order chi connectivity index (χ0) is 14.4. The Morgan fingerprint density at radius 3 is 2.68 bits per heavy atom. The fraction of sp³-hybridized carbons (Fsp3) is 0.615. The van der Waals surface area contributed by atoms with Crippen molar-refractivity contribution in [3.8, 4) is 0 Å². The van der Waals surface area contributed by atoms with E-state index in [0.29, 0.717) is 6.42 Å². The molecule has 1 unspecified atom stereocenters. The van der Waals surface area contributed by atoms with Crippen molar-refractivity contribution in [2.75, 3.05) is 6.61 Å². The standard InChI is InChI=1S/C13H18O6/c1-8(2)7-17-11(15)6-9(3)13(16)19-12-5-4-10(14)18-12/h6,8,12H,4-5,7H2,1-3H3. The number of hydrogen-bond donors (Lipinski definition) is 0. The van der Waals surface area contributed by atoms with Crippen molar-refractivity contribution in [2.45, 2.75) is 39.9 Å². The summed E-state index contributed by atoms with van der Waals surface area (Å²) in [6.07, 6.45) is 0.795. The maximum absolute atomic E-state index is 11.6. The van der Waals surface area contributed by atoms with E-state index in [1.54, 1.807) is 0 Å². The van der Waals surface area contributed by atoms with Crippen molar-refractivity contribution in [1.82, 2.24) is 0 Å². The van der Waals surface area contributed by atoms with E-state index < -0.39 is 24.2 Å². The number of esters is 3. The number of hydrogen-bond acceptors (Lipinski definition) is 6. The summed E-state index contributed by atoms with van der Waals surface area (Å²) in [6, 6.07) is 0. The molecule has 1 rings (SSSR count). The molecule has 0 saturated carbocycles. The van der Waals surface area contributed by atoms with Crippen molar-refractivity contribution in [2.24, 2.45) is 5.92 Å². The fourth-order valence-corrected chi connectivity index (χ4v) is 1.32. The summed E-state index contributed by atoms with van der Waals surface area (Å²) in [5.41, 5.74) is 0.108. The van der Waals surface area contributed by atoms with Crippen LogP contribution in [0.1, 0.15) is 33.6 Å². The average molecular weight is 270 g/mol. The predicted octanol–water partition coefficient (Wildman–Crippen LogP) is 1.34. The van der Waals surface area contributed by atoms with E-state index in [-0.39, 0.29) is 24.5 Å². The summed E-state index contributed by atoms with van der Waals surface area (Å²) in [4.78, 5) is 33.8. The van der Waals surface area contributed by atoms with E-state index in [2.05, 4.69) is 0 Å². The van der Waals surface area contributed by atoms with E-state index in [1.165, 1.54) is 6.92 Å². The van der Waals surface area contributed by atoms with Crippen molar-refractivity contribution >= 4 is 17.9 Å². The predicted molar refractivity (Wildman–Crippen MR) is 64.8 cm³/mol. The quantitative estimate of drug-likeness (QED) is 0.554. The van der Waals surface area contributed by atoms with E-state index >= 15 is 0 Å². The lowest BCUT2D eigenvalue weighted by molar-refractivity contribution is -0.173. The van der Waals surface area contributed by atoms with Gasteiger partial charge >= 0.3 is 17.9 Å². The van der Waals surface area contributed by atoms with Crippen LogP contribution in [0.5, 0.6) is 0 Å². The van der Waals surface area contributed by atoms with Crippen LogP contribution < -0.4 is 0 Å². The minimum Gasteiger partial charge on any atom is -0.462 e. The Bertz CT molecular complexity index is 396. The van der Waals surface area contributed by atoms with Crippen molar-refractivity contribution in [3.05, 3.63) is 11.6 Å². The lowest BCUT2D eigenvalue weighted by Crippen LogP contribution is -2.19. The van der Waals surface area contributed by atoms with Gasteiger partial charge in [0, 0.05) is 18.1 Å². The Morgan fingerprint density at radius 2 is 2.16 bits per heavy atom. The highest BCUT2D eigenvalue weighted by molar-refractivity contribution is 5.96. The van der Waals surface area contributed by atoms with Gasteiger partial charge in [-0.25, -0.2) is 9.59 Å². The first-order chi connectivity index (χ1) is 8.88. The van der Waals surface area contributed by atoms with Gasteiger partial charge in [0.05, 0.1) is 13.0 Å². The van der Waals surface area contributed by atoms with Gasteiger partial charge in [0.25, 0.3) is 0 Å². The highest BCUT2D eigenvalue weighted by Gasteiger charge is 2.27. The van der Waals surface area contributed by atoms with Crippen LogP contribution in [0.2, 0.25) is 0 Å². The van der Waals surface area contributed by atoms with E-state index in [4.69, 9.17) is 14.2 Å². The Labute approximate surface area is 111 Å². The normalized spacial score (nSPS) is 19.3. The van der Waals surface area contributed by atoms with Crippen molar-refractivity contribution in [3.63, 3.8) is 0 Å². The van der Waals surface area contributed by atoms with Crippen LogP contribution in [0, 0.1) is 5.92 Å². The van der Waals surface area contributed by atoms with Crippen LogP contribution in [-0.2, 0) is 28.6 Å². The summed E-state index contributed by atoms with van der Waals surface area (Å²) in [5, 5.41) is 0. The number of cyclic esters (lactones) is 1. The van der Waals surface area contributed by atoms with Gasteiger partial charge in [0.1, 0.15) is 0 Å². The molecule has 1 aliphatic rings. The molecule has 0 bridgehead atoms. The molecule has 106 valence electrons. The molecule has 19 heavy (non-hydrogen) atoms. The van der Waals surface area contributed by atoms with Crippen LogP contribution in [-0.4, -0.2) is 30.8 Å². The summed E-state index contributed by atoms with van der Waals surface area (Å²) in [5.74, 6) is -1.45. The molecule has 1 saturated heterocycles. The topological polar surface area (TPSA) is 78.9 Å². The first-order valence-corrected chi connectivity index (χ1v) is 6.14. The second kappa shape index (κ2) is 6.92. The van der Waals surface area contributed by atoms with Crippen LogP contribution >= 0.6 is 0 Å². The van der Waals surface area contributed by atoms with Gasteiger partial charge < -0.3 is 14.2 Å².